The number of hydrogen-bond donors (Lipinski definition) is 4. The predicted octanol–water partition coefficient (Wildman–Crippen LogP) is 0.922. The number of anilines is 1. The van der Waals surface area contributed by atoms with Crippen LogP contribution in [0.5, 0.6) is 0 Å². The Morgan fingerprint density at radius 3 is 2.71 bits per heavy atom. The van der Waals surface area contributed by atoms with Crippen molar-refractivity contribution in [3.63, 3.8) is 0 Å². The van der Waals surface area contributed by atoms with Gasteiger partial charge in [-0.2, -0.15) is 8.42 Å². The van der Waals surface area contributed by atoms with E-state index < -0.39 is 10.0 Å². The Kier molecular flexibility index (Phi) is 3.85. The van der Waals surface area contributed by atoms with Crippen LogP contribution in [-0.2, 0) is 10.0 Å². The van der Waals surface area contributed by atoms with Gasteiger partial charge in [0.1, 0.15) is 5.82 Å². The third-order valence-corrected chi connectivity index (χ3v) is 4.13. The zero-order valence-electron chi connectivity index (χ0n) is 11.5. The highest BCUT2D eigenvalue weighted by Gasteiger charge is 2.18. The molecule has 2 rings (SSSR count). The predicted molar refractivity (Wildman–Crippen MR) is 77.8 cm³/mol. The van der Waals surface area contributed by atoms with Crippen molar-refractivity contribution in [3.8, 4) is 0 Å². The van der Waals surface area contributed by atoms with E-state index in [4.69, 9.17) is 10.9 Å². The molecule has 0 aliphatic rings. The Hall–Kier alpha value is -2.55. The minimum Gasteiger partial charge on any atom is -0.409 e. The average molecular weight is 309 g/mol. The van der Waals surface area contributed by atoms with Gasteiger partial charge in [-0.3, -0.25) is 4.72 Å². The molecule has 2 aromatic rings. The Bertz CT molecular complexity index is 795. The summed E-state index contributed by atoms with van der Waals surface area (Å²) in [5, 5.41) is 11.5. The van der Waals surface area contributed by atoms with Crippen LogP contribution in [0.3, 0.4) is 0 Å². The van der Waals surface area contributed by atoms with E-state index in [9.17, 15) is 8.42 Å². The third-order valence-electron chi connectivity index (χ3n) is 2.85. The number of benzene rings is 1. The number of oxime groups is 1. The molecule has 112 valence electrons. The maximum atomic E-state index is 12.2. The van der Waals surface area contributed by atoms with Crippen LogP contribution in [0.4, 0.5) is 5.69 Å². The molecule has 1 heterocycles. The van der Waals surface area contributed by atoms with E-state index >= 15 is 0 Å². The highest BCUT2D eigenvalue weighted by Crippen LogP contribution is 2.20. The molecule has 9 heteroatoms. The van der Waals surface area contributed by atoms with Crippen molar-refractivity contribution in [2.75, 3.05) is 4.72 Å². The molecule has 0 radical (unpaired) electrons. The lowest BCUT2D eigenvalue weighted by Gasteiger charge is -2.10. The van der Waals surface area contributed by atoms with Gasteiger partial charge in [-0.1, -0.05) is 17.3 Å². The van der Waals surface area contributed by atoms with Gasteiger partial charge in [-0.25, -0.2) is 4.98 Å². The molecule has 0 bridgehead atoms. The quantitative estimate of drug-likeness (QED) is 0.288. The number of nitrogens with zero attached hydrogens (tertiary/aromatic N) is 2. The summed E-state index contributed by atoms with van der Waals surface area (Å²) in [7, 11) is -3.78. The normalized spacial score (nSPS) is 12.4. The minimum absolute atomic E-state index is 0.0337. The number of hydrogen-bond acceptors (Lipinski definition) is 5. The van der Waals surface area contributed by atoms with Crippen molar-refractivity contribution >= 4 is 21.5 Å². The molecule has 8 nitrogen and oxygen atoms in total. The number of nitrogens with one attached hydrogen (secondary N) is 2. The van der Waals surface area contributed by atoms with Crippen LogP contribution < -0.4 is 10.5 Å². The second-order valence-electron chi connectivity index (χ2n) is 4.45. The van der Waals surface area contributed by atoms with Crippen LogP contribution in [0.2, 0.25) is 0 Å². The Labute approximate surface area is 121 Å². The molecule has 0 aliphatic heterocycles. The van der Waals surface area contributed by atoms with Crippen LogP contribution in [-0.4, -0.2) is 29.4 Å². The van der Waals surface area contributed by atoms with Crippen LogP contribution >= 0.6 is 0 Å². The van der Waals surface area contributed by atoms with Crippen molar-refractivity contribution < 1.29 is 13.6 Å². The molecule has 0 saturated heterocycles. The summed E-state index contributed by atoms with van der Waals surface area (Å²) < 4.78 is 26.9. The molecule has 0 amide bonds. The molecule has 1 aromatic heterocycles. The van der Waals surface area contributed by atoms with Crippen molar-refractivity contribution in [1.82, 2.24) is 9.97 Å². The molecule has 0 saturated carbocycles. The molecule has 21 heavy (non-hydrogen) atoms. The third kappa shape index (κ3) is 3.14. The molecule has 0 spiro atoms. The standard InChI is InChI=1S/C12H15N5O3S/c1-7-3-4-9(12(13)16-18)5-10(7)17-21(19,20)11-6-14-8(2)15-11/h3-6,17-18H,1-2H3,(H2,13,16)(H,14,15). The topological polar surface area (TPSA) is 133 Å². The summed E-state index contributed by atoms with van der Waals surface area (Å²) >= 11 is 0. The maximum absolute atomic E-state index is 12.2. The summed E-state index contributed by atoms with van der Waals surface area (Å²) in [5.74, 6) is 0.394. The summed E-state index contributed by atoms with van der Waals surface area (Å²) in [6.07, 6.45) is 1.24. The number of nitrogens with two attached hydrogens (primary N) is 1. The number of H-pyrrole nitrogens is 1. The van der Waals surface area contributed by atoms with Crippen LogP contribution in [0.15, 0.2) is 34.6 Å². The van der Waals surface area contributed by atoms with E-state index in [0.717, 1.165) is 0 Å². The van der Waals surface area contributed by atoms with Gasteiger partial charge in [0.2, 0.25) is 0 Å². The minimum atomic E-state index is -3.78. The molecule has 0 aliphatic carbocycles. The van der Waals surface area contributed by atoms with E-state index in [1.54, 1.807) is 26.0 Å². The van der Waals surface area contributed by atoms with Gasteiger partial charge in [-0.15, -0.1) is 0 Å². The zero-order valence-corrected chi connectivity index (χ0v) is 12.3. The molecule has 0 atom stereocenters. The van der Waals surface area contributed by atoms with Gasteiger partial charge in [0.05, 0.1) is 11.9 Å². The summed E-state index contributed by atoms with van der Waals surface area (Å²) in [6.45, 7) is 3.40. The number of aryl methyl sites for hydroxylation is 2. The summed E-state index contributed by atoms with van der Waals surface area (Å²) in [4.78, 5) is 6.51. The first-order chi connectivity index (χ1) is 9.83. The average Bonchev–Trinajstić information content (AvgIpc) is 2.87. The molecule has 0 unspecified atom stereocenters. The largest absolute Gasteiger partial charge is 0.409 e. The number of sulfonamides is 1. The molecule has 0 fully saturated rings. The van der Waals surface area contributed by atoms with Crippen LogP contribution in [0.25, 0.3) is 0 Å². The zero-order chi connectivity index (χ0) is 15.6. The highest BCUT2D eigenvalue weighted by atomic mass is 32.2. The van der Waals surface area contributed by atoms with Gasteiger partial charge in [0.15, 0.2) is 10.9 Å². The van der Waals surface area contributed by atoms with Crippen molar-refractivity contribution in [3.05, 3.63) is 41.3 Å². The van der Waals surface area contributed by atoms with E-state index in [2.05, 4.69) is 19.8 Å². The smallest absolute Gasteiger partial charge is 0.278 e. The van der Waals surface area contributed by atoms with E-state index in [1.807, 2.05) is 0 Å². The molecule has 5 N–H and O–H groups in total. The number of aromatic amines is 1. The number of imidazole rings is 1. The van der Waals surface area contributed by atoms with E-state index in [1.165, 1.54) is 12.3 Å². The fourth-order valence-corrected chi connectivity index (χ4v) is 2.78. The van der Waals surface area contributed by atoms with Crippen LogP contribution in [0, 0.1) is 13.8 Å². The van der Waals surface area contributed by atoms with Gasteiger partial charge >= 0.3 is 0 Å². The lowest BCUT2D eigenvalue weighted by atomic mass is 10.1. The summed E-state index contributed by atoms with van der Waals surface area (Å²) in [5.41, 5.74) is 6.94. The van der Waals surface area contributed by atoms with Gasteiger partial charge in [-0.05, 0) is 25.5 Å². The van der Waals surface area contributed by atoms with Crippen LogP contribution in [0.1, 0.15) is 17.0 Å². The maximum Gasteiger partial charge on any atom is 0.278 e. The molecule has 1 aromatic carbocycles. The number of amidine groups is 1. The Morgan fingerprint density at radius 2 is 2.14 bits per heavy atom. The second kappa shape index (κ2) is 5.44. The molecular formula is C12H15N5O3S. The number of rotatable bonds is 4. The lowest BCUT2D eigenvalue weighted by Crippen LogP contribution is -2.17. The Morgan fingerprint density at radius 1 is 1.43 bits per heavy atom. The van der Waals surface area contributed by atoms with Crippen molar-refractivity contribution in [2.24, 2.45) is 10.9 Å². The van der Waals surface area contributed by atoms with Crippen molar-refractivity contribution in [2.45, 2.75) is 18.9 Å². The van der Waals surface area contributed by atoms with E-state index in [-0.39, 0.29) is 10.9 Å². The first-order valence-corrected chi connectivity index (χ1v) is 7.45. The first kappa shape index (κ1) is 14.9. The van der Waals surface area contributed by atoms with Crippen molar-refractivity contribution in [1.29, 1.82) is 0 Å². The lowest BCUT2D eigenvalue weighted by molar-refractivity contribution is 0.318. The highest BCUT2D eigenvalue weighted by molar-refractivity contribution is 7.92. The Balaban J connectivity index is 2.39. The molecular weight excluding hydrogens is 294 g/mol. The monoisotopic (exact) mass is 309 g/mol. The van der Waals surface area contributed by atoms with Gasteiger partial charge in [0, 0.05) is 5.56 Å². The fraction of sp³-hybridized carbons (Fsp3) is 0.167. The SMILES string of the molecule is Cc1ncc(S(=O)(=O)Nc2cc(C(N)=NO)ccc2C)[nH]1. The fourth-order valence-electron chi connectivity index (χ4n) is 1.68. The first-order valence-electron chi connectivity index (χ1n) is 5.96. The van der Waals surface area contributed by atoms with Gasteiger partial charge in [0.25, 0.3) is 10.0 Å². The van der Waals surface area contributed by atoms with E-state index in [0.29, 0.717) is 22.6 Å². The van der Waals surface area contributed by atoms with Gasteiger partial charge < -0.3 is 15.9 Å². The number of aromatic nitrogens is 2. The summed E-state index contributed by atoms with van der Waals surface area (Å²) in [6, 6.07) is 4.79. The second-order valence-corrected chi connectivity index (χ2v) is 6.10.